The largest absolute Gasteiger partial charge is 0.393 e. The molecule has 7 nitrogen and oxygen atoms in total. The SMILES string of the molecule is CC[C@H]1[C@@H](O)[C@@H]2[C@H](CC[C@]3(C)[C@@H]([C@H](C)CCC(=O)ON4C(=O)CCC4=O)CC[C@@H]23)[C@@]2(C)CC[C@@H](O)C[C@@H]12. The first-order valence-electron chi connectivity index (χ1n) is 14.9. The van der Waals surface area contributed by atoms with Crippen LogP contribution in [-0.2, 0) is 19.2 Å². The molecule has 37 heavy (non-hydrogen) atoms. The Balaban J connectivity index is 1.28. The maximum Gasteiger partial charge on any atom is 0.333 e. The van der Waals surface area contributed by atoms with Gasteiger partial charge in [0.1, 0.15) is 0 Å². The highest BCUT2D eigenvalue weighted by Gasteiger charge is 2.64. The highest BCUT2D eigenvalue weighted by atomic mass is 16.7. The van der Waals surface area contributed by atoms with E-state index in [-0.39, 0.29) is 48.2 Å². The number of aliphatic hydroxyl groups excluding tert-OH is 2. The summed E-state index contributed by atoms with van der Waals surface area (Å²) in [7, 11) is 0. The van der Waals surface area contributed by atoms with E-state index in [0.29, 0.717) is 47.0 Å². The maximum atomic E-state index is 12.4. The molecule has 7 heteroatoms. The Morgan fingerprint density at radius 2 is 1.65 bits per heavy atom. The van der Waals surface area contributed by atoms with E-state index in [0.717, 1.165) is 51.4 Å². The maximum absolute atomic E-state index is 12.4. The molecule has 4 saturated carbocycles. The van der Waals surface area contributed by atoms with Crippen molar-refractivity contribution in [2.75, 3.05) is 0 Å². The summed E-state index contributed by atoms with van der Waals surface area (Å²) in [6.45, 7) is 9.35. The number of hydroxylamine groups is 2. The molecular weight excluding hydrogens is 470 g/mol. The summed E-state index contributed by atoms with van der Waals surface area (Å²) in [6.07, 6.45) is 8.85. The van der Waals surface area contributed by atoms with Gasteiger partial charge in [-0.15, -0.1) is 5.06 Å². The van der Waals surface area contributed by atoms with E-state index in [9.17, 15) is 24.6 Å². The van der Waals surface area contributed by atoms with Crippen LogP contribution in [0.4, 0.5) is 0 Å². The number of nitrogens with zero attached hydrogens (tertiary/aromatic N) is 1. The molecular formula is C30H47NO6. The second-order valence-corrected chi connectivity index (χ2v) is 13.7. The van der Waals surface area contributed by atoms with Crippen LogP contribution in [0.15, 0.2) is 0 Å². The fourth-order valence-electron chi connectivity index (χ4n) is 10.3. The average Bonchev–Trinajstić information content (AvgIpc) is 3.37. The molecule has 4 aliphatic carbocycles. The molecule has 1 aliphatic heterocycles. The van der Waals surface area contributed by atoms with E-state index in [1.807, 2.05) is 0 Å². The van der Waals surface area contributed by atoms with Gasteiger partial charge in [-0.25, -0.2) is 4.79 Å². The number of hydrogen-bond donors (Lipinski definition) is 2. The lowest BCUT2D eigenvalue weighted by molar-refractivity contribution is -0.203. The van der Waals surface area contributed by atoms with Crippen molar-refractivity contribution in [3.8, 4) is 0 Å². The van der Waals surface area contributed by atoms with Gasteiger partial charge in [-0.3, -0.25) is 9.59 Å². The summed E-state index contributed by atoms with van der Waals surface area (Å²) in [6, 6.07) is 0. The number of hydrogen-bond acceptors (Lipinski definition) is 6. The second-order valence-electron chi connectivity index (χ2n) is 13.7. The van der Waals surface area contributed by atoms with E-state index < -0.39 is 17.8 Å². The van der Waals surface area contributed by atoms with Crippen molar-refractivity contribution >= 4 is 17.8 Å². The van der Waals surface area contributed by atoms with Crippen LogP contribution >= 0.6 is 0 Å². The number of imide groups is 1. The monoisotopic (exact) mass is 517 g/mol. The van der Waals surface area contributed by atoms with Gasteiger partial charge in [-0.2, -0.15) is 0 Å². The van der Waals surface area contributed by atoms with Gasteiger partial charge in [0.25, 0.3) is 11.8 Å². The highest BCUT2D eigenvalue weighted by Crippen LogP contribution is 2.69. The van der Waals surface area contributed by atoms with Crippen molar-refractivity contribution in [2.45, 2.75) is 117 Å². The molecule has 0 spiro atoms. The van der Waals surface area contributed by atoms with Gasteiger partial charge >= 0.3 is 5.97 Å². The first-order valence-corrected chi connectivity index (χ1v) is 14.9. The standard InChI is InChI=1S/C30H47NO6/c1-5-19-23-16-18(32)12-14-30(23,4)22-13-15-29(3)20(7-8-21(29)27(22)28(19)36)17(2)6-11-26(35)37-31-24(33)9-10-25(31)34/h17-23,27-28,32,36H,5-16H2,1-4H3/t17-,18-,19-,20-,21+,22+,23+,27+,28-,29-,30-/m1/s1. The zero-order valence-electron chi connectivity index (χ0n) is 23.2. The first-order chi connectivity index (χ1) is 17.5. The third-order valence-corrected chi connectivity index (χ3v) is 12.2. The van der Waals surface area contributed by atoms with Gasteiger partial charge in [0.2, 0.25) is 0 Å². The van der Waals surface area contributed by atoms with Crippen LogP contribution in [-0.4, -0.2) is 45.3 Å². The number of amides is 2. The Morgan fingerprint density at radius 3 is 2.32 bits per heavy atom. The molecule has 0 aromatic heterocycles. The summed E-state index contributed by atoms with van der Waals surface area (Å²) in [4.78, 5) is 41.1. The minimum atomic E-state index is -0.509. The average molecular weight is 518 g/mol. The van der Waals surface area contributed by atoms with Crippen LogP contribution in [0, 0.1) is 52.3 Å². The topological polar surface area (TPSA) is 104 Å². The summed E-state index contributed by atoms with van der Waals surface area (Å²) in [5.74, 6) is 1.39. The van der Waals surface area contributed by atoms with E-state index in [2.05, 4.69) is 27.7 Å². The fraction of sp³-hybridized carbons (Fsp3) is 0.900. The lowest BCUT2D eigenvalue weighted by Crippen LogP contribution is -2.62. The lowest BCUT2D eigenvalue weighted by atomic mass is 9.41. The van der Waals surface area contributed by atoms with Gasteiger partial charge in [0, 0.05) is 19.3 Å². The van der Waals surface area contributed by atoms with Crippen molar-refractivity contribution in [1.82, 2.24) is 5.06 Å². The highest BCUT2D eigenvalue weighted by molar-refractivity contribution is 6.01. The van der Waals surface area contributed by atoms with Crippen LogP contribution in [0.5, 0.6) is 0 Å². The number of aliphatic hydroxyl groups is 2. The molecule has 2 N–H and O–H groups in total. The minimum absolute atomic E-state index is 0.109. The molecule has 0 radical (unpaired) electrons. The molecule has 0 aromatic rings. The molecule has 5 aliphatic rings. The van der Waals surface area contributed by atoms with E-state index in [1.165, 1.54) is 0 Å². The zero-order chi connectivity index (χ0) is 26.7. The zero-order valence-corrected chi connectivity index (χ0v) is 23.2. The van der Waals surface area contributed by atoms with E-state index in [4.69, 9.17) is 4.84 Å². The molecule has 1 saturated heterocycles. The van der Waals surface area contributed by atoms with Gasteiger partial charge in [0.15, 0.2) is 0 Å². The fourth-order valence-corrected chi connectivity index (χ4v) is 10.3. The predicted octanol–water partition coefficient (Wildman–Crippen LogP) is 4.64. The first kappa shape index (κ1) is 27.1. The molecule has 2 amide bonds. The van der Waals surface area contributed by atoms with Crippen molar-refractivity contribution < 1.29 is 29.4 Å². The van der Waals surface area contributed by atoms with Crippen LogP contribution in [0.1, 0.15) is 105 Å². The third-order valence-electron chi connectivity index (χ3n) is 12.2. The normalized spacial score (nSPS) is 46.3. The smallest absolute Gasteiger partial charge is 0.333 e. The molecule has 11 atom stereocenters. The Morgan fingerprint density at radius 1 is 1.00 bits per heavy atom. The Hall–Kier alpha value is -1.47. The summed E-state index contributed by atoms with van der Waals surface area (Å²) >= 11 is 0. The molecule has 1 heterocycles. The van der Waals surface area contributed by atoms with Gasteiger partial charge in [0.05, 0.1) is 12.2 Å². The molecule has 5 rings (SSSR count). The number of fused-ring (bicyclic) bond motifs is 5. The van der Waals surface area contributed by atoms with Crippen molar-refractivity contribution in [3.05, 3.63) is 0 Å². The predicted molar refractivity (Wildman–Crippen MR) is 137 cm³/mol. The van der Waals surface area contributed by atoms with Gasteiger partial charge in [-0.1, -0.05) is 34.1 Å². The summed E-state index contributed by atoms with van der Waals surface area (Å²) in [5.41, 5.74) is 0.338. The van der Waals surface area contributed by atoms with Crippen LogP contribution < -0.4 is 0 Å². The van der Waals surface area contributed by atoms with E-state index >= 15 is 0 Å². The molecule has 0 unspecified atom stereocenters. The lowest BCUT2D eigenvalue weighted by Gasteiger charge is -2.64. The van der Waals surface area contributed by atoms with Crippen LogP contribution in [0.25, 0.3) is 0 Å². The van der Waals surface area contributed by atoms with Crippen molar-refractivity contribution in [1.29, 1.82) is 0 Å². The van der Waals surface area contributed by atoms with E-state index in [1.54, 1.807) is 0 Å². The van der Waals surface area contributed by atoms with Crippen molar-refractivity contribution in [3.63, 3.8) is 0 Å². The third kappa shape index (κ3) is 4.36. The number of carbonyl (C=O) groups excluding carboxylic acids is 3. The summed E-state index contributed by atoms with van der Waals surface area (Å²) in [5, 5.41) is 23.0. The molecule has 208 valence electrons. The van der Waals surface area contributed by atoms with Crippen LogP contribution in [0.3, 0.4) is 0 Å². The van der Waals surface area contributed by atoms with Gasteiger partial charge in [-0.05, 0) is 104 Å². The molecule has 0 bridgehead atoms. The molecule has 5 fully saturated rings. The Labute approximate surface area is 221 Å². The molecule has 0 aromatic carbocycles. The number of carbonyl (C=O) groups is 3. The van der Waals surface area contributed by atoms with Crippen molar-refractivity contribution in [2.24, 2.45) is 52.3 Å². The Bertz CT molecular complexity index is 906. The summed E-state index contributed by atoms with van der Waals surface area (Å²) < 4.78 is 0. The quantitative estimate of drug-likeness (QED) is 0.498. The number of rotatable bonds is 6. The minimum Gasteiger partial charge on any atom is -0.393 e. The van der Waals surface area contributed by atoms with Gasteiger partial charge < -0.3 is 15.1 Å². The second kappa shape index (κ2) is 9.93. The Kier molecular flexibility index (Phi) is 7.27. The van der Waals surface area contributed by atoms with Crippen LogP contribution in [0.2, 0.25) is 0 Å².